The molecule has 3 aromatic rings. The van der Waals surface area contributed by atoms with E-state index < -0.39 is 23.6 Å². The average molecular weight is 409 g/mol. The second-order valence-corrected chi connectivity index (χ2v) is 7.22. The Morgan fingerprint density at radius 3 is 2.30 bits per heavy atom. The highest BCUT2D eigenvalue weighted by Crippen LogP contribution is 2.20. The minimum absolute atomic E-state index is 0.0524. The summed E-state index contributed by atoms with van der Waals surface area (Å²) < 4.78 is 27.1. The minimum atomic E-state index is -0.809. The lowest BCUT2D eigenvalue weighted by Crippen LogP contribution is -2.34. The van der Waals surface area contributed by atoms with Crippen LogP contribution in [-0.4, -0.2) is 26.5 Å². The van der Waals surface area contributed by atoms with Crippen LogP contribution >= 0.6 is 0 Å². The largest absolute Gasteiger partial charge is 0.378 e. The van der Waals surface area contributed by atoms with Gasteiger partial charge in [0.15, 0.2) is 0 Å². The molecule has 0 aliphatic rings. The third-order valence-corrected chi connectivity index (χ3v) is 4.80. The number of amides is 1. The van der Waals surface area contributed by atoms with Crippen molar-refractivity contribution in [1.29, 1.82) is 0 Å². The van der Waals surface area contributed by atoms with E-state index in [0.29, 0.717) is 6.54 Å². The summed E-state index contributed by atoms with van der Waals surface area (Å²) in [5.41, 5.74) is 2.98. The average Bonchev–Trinajstić information content (AvgIpc) is 2.74. The number of hydrogen-bond acceptors (Lipinski definition) is 3. The van der Waals surface area contributed by atoms with Crippen molar-refractivity contribution in [3.63, 3.8) is 0 Å². The van der Waals surface area contributed by atoms with Crippen LogP contribution in [0.15, 0.2) is 72.8 Å². The Morgan fingerprint density at radius 2 is 1.67 bits per heavy atom. The number of halogens is 2. The van der Waals surface area contributed by atoms with Gasteiger partial charge in [-0.15, -0.1) is 0 Å². The Hall–Kier alpha value is -3.25. The van der Waals surface area contributed by atoms with Crippen molar-refractivity contribution in [1.82, 2.24) is 5.32 Å². The number of carbonyl (C=O) groups excluding carboxylic acids is 1. The van der Waals surface area contributed by atoms with Gasteiger partial charge in [-0.3, -0.25) is 4.79 Å². The van der Waals surface area contributed by atoms with Crippen LogP contribution < -0.4 is 15.5 Å². The Morgan fingerprint density at radius 1 is 0.967 bits per heavy atom. The molecule has 1 atom stereocenters. The highest BCUT2D eigenvalue weighted by atomic mass is 19.1. The molecule has 0 unspecified atom stereocenters. The number of carbonyl (C=O) groups is 1. The molecule has 6 heteroatoms. The second kappa shape index (κ2) is 9.98. The maximum absolute atomic E-state index is 14.0. The topological polar surface area (TPSA) is 44.4 Å². The summed E-state index contributed by atoms with van der Waals surface area (Å²) in [4.78, 5) is 14.9. The molecule has 2 N–H and O–H groups in total. The number of rotatable bonds is 8. The van der Waals surface area contributed by atoms with Gasteiger partial charge in [0.1, 0.15) is 17.7 Å². The quantitative estimate of drug-likeness (QED) is 0.574. The molecule has 3 rings (SSSR count). The van der Waals surface area contributed by atoms with Gasteiger partial charge in [-0.2, -0.15) is 0 Å². The summed E-state index contributed by atoms with van der Waals surface area (Å²) >= 11 is 0. The molecular formula is C24H25F2N3O. The first-order chi connectivity index (χ1) is 14.4. The van der Waals surface area contributed by atoms with E-state index in [4.69, 9.17) is 0 Å². The van der Waals surface area contributed by atoms with Gasteiger partial charge >= 0.3 is 0 Å². The molecule has 0 saturated carbocycles. The molecular weight excluding hydrogens is 384 g/mol. The number of hydrogen-bond donors (Lipinski definition) is 2. The Labute approximate surface area is 175 Å². The summed E-state index contributed by atoms with van der Waals surface area (Å²) in [5, 5.41) is 5.81. The number of nitrogens with one attached hydrogen (secondary N) is 2. The van der Waals surface area contributed by atoms with Gasteiger partial charge in [0.25, 0.3) is 0 Å². The molecule has 3 aromatic carbocycles. The molecule has 30 heavy (non-hydrogen) atoms. The van der Waals surface area contributed by atoms with Crippen molar-refractivity contribution in [3.8, 4) is 0 Å². The predicted octanol–water partition coefficient (Wildman–Crippen LogP) is 4.54. The van der Waals surface area contributed by atoms with E-state index in [-0.39, 0.29) is 5.69 Å². The van der Waals surface area contributed by atoms with Gasteiger partial charge < -0.3 is 15.5 Å². The highest BCUT2D eigenvalue weighted by Gasteiger charge is 2.21. The van der Waals surface area contributed by atoms with Gasteiger partial charge in [-0.1, -0.05) is 42.5 Å². The van der Waals surface area contributed by atoms with Gasteiger partial charge in [0, 0.05) is 32.4 Å². The number of benzene rings is 3. The van der Waals surface area contributed by atoms with Crippen LogP contribution in [0.25, 0.3) is 0 Å². The van der Waals surface area contributed by atoms with Crippen LogP contribution in [0.4, 0.5) is 20.2 Å². The van der Waals surface area contributed by atoms with Gasteiger partial charge in [0.05, 0.1) is 5.69 Å². The van der Waals surface area contributed by atoms with Crippen LogP contribution in [0.3, 0.4) is 0 Å². The summed E-state index contributed by atoms with van der Waals surface area (Å²) in [6, 6.07) is 19.9. The third-order valence-electron chi connectivity index (χ3n) is 4.80. The number of nitrogens with zero attached hydrogens (tertiary/aromatic N) is 1. The van der Waals surface area contributed by atoms with E-state index in [2.05, 4.69) is 22.8 Å². The fourth-order valence-electron chi connectivity index (χ4n) is 3.12. The first-order valence-electron chi connectivity index (χ1n) is 9.74. The van der Waals surface area contributed by atoms with Gasteiger partial charge in [-0.25, -0.2) is 8.78 Å². The first kappa shape index (κ1) is 21.5. The monoisotopic (exact) mass is 409 g/mol. The molecule has 0 heterocycles. The van der Waals surface area contributed by atoms with E-state index in [1.54, 1.807) is 0 Å². The molecule has 0 fully saturated rings. The van der Waals surface area contributed by atoms with Crippen molar-refractivity contribution in [2.75, 3.05) is 30.9 Å². The molecule has 0 bridgehead atoms. The maximum Gasteiger partial charge on any atom is 0.246 e. The van der Waals surface area contributed by atoms with Crippen molar-refractivity contribution in [3.05, 3.63) is 95.6 Å². The molecule has 0 spiro atoms. The molecule has 1 amide bonds. The van der Waals surface area contributed by atoms with Crippen molar-refractivity contribution in [2.24, 2.45) is 0 Å². The van der Waals surface area contributed by atoms with Crippen molar-refractivity contribution >= 4 is 17.3 Å². The first-order valence-corrected chi connectivity index (χ1v) is 9.74. The maximum atomic E-state index is 14.0. The molecule has 0 aliphatic heterocycles. The molecule has 0 radical (unpaired) electrons. The lowest BCUT2D eigenvalue weighted by atomic mass is 10.1. The molecule has 4 nitrogen and oxygen atoms in total. The second-order valence-electron chi connectivity index (χ2n) is 7.22. The highest BCUT2D eigenvalue weighted by molar-refractivity contribution is 5.95. The Balaban J connectivity index is 1.69. The van der Waals surface area contributed by atoms with E-state index in [1.165, 1.54) is 6.07 Å². The van der Waals surface area contributed by atoms with Crippen LogP contribution in [0.1, 0.15) is 17.2 Å². The van der Waals surface area contributed by atoms with Crippen LogP contribution in [-0.2, 0) is 11.2 Å². The lowest BCUT2D eigenvalue weighted by Gasteiger charge is -2.19. The molecule has 0 saturated heterocycles. The summed E-state index contributed by atoms with van der Waals surface area (Å²) in [7, 11) is 3.98. The van der Waals surface area contributed by atoms with Crippen molar-refractivity contribution in [2.45, 2.75) is 12.5 Å². The van der Waals surface area contributed by atoms with E-state index >= 15 is 0 Å². The predicted molar refractivity (Wildman–Crippen MR) is 117 cm³/mol. The van der Waals surface area contributed by atoms with Crippen LogP contribution in [0.5, 0.6) is 0 Å². The third kappa shape index (κ3) is 5.64. The van der Waals surface area contributed by atoms with Crippen LogP contribution in [0, 0.1) is 11.6 Å². The zero-order chi connectivity index (χ0) is 21.5. The standard InChI is InChI=1S/C24H25F2N3O/c1-29(2)20-11-8-17(9-12-20)14-15-27-23(18-6-4-3-5-7-18)24(30)28-22-13-10-19(25)16-21(22)26/h3-13,16,23,27H,14-15H2,1-2H3,(H,28,30)/t23-/m1/s1. The van der Waals surface area contributed by atoms with Gasteiger partial charge in [-0.05, 0) is 41.8 Å². The summed E-state index contributed by atoms with van der Waals surface area (Å²) in [6.07, 6.45) is 0.731. The smallest absolute Gasteiger partial charge is 0.246 e. The number of anilines is 2. The zero-order valence-corrected chi connectivity index (χ0v) is 17.0. The van der Waals surface area contributed by atoms with E-state index in [1.807, 2.05) is 61.5 Å². The van der Waals surface area contributed by atoms with Crippen molar-refractivity contribution < 1.29 is 13.6 Å². The molecule has 156 valence electrons. The Kier molecular flexibility index (Phi) is 7.14. The SMILES string of the molecule is CN(C)c1ccc(CCN[C@@H](C(=O)Nc2ccc(F)cc2F)c2ccccc2)cc1. The zero-order valence-electron chi connectivity index (χ0n) is 17.0. The van der Waals surface area contributed by atoms with Crippen LogP contribution in [0.2, 0.25) is 0 Å². The Bertz CT molecular complexity index is 976. The molecule has 0 aliphatic carbocycles. The summed E-state index contributed by atoms with van der Waals surface area (Å²) in [6.45, 7) is 0.556. The minimum Gasteiger partial charge on any atom is -0.378 e. The molecule has 0 aromatic heterocycles. The summed E-state index contributed by atoms with van der Waals surface area (Å²) in [5.74, 6) is -1.91. The van der Waals surface area contributed by atoms with Gasteiger partial charge in [0.2, 0.25) is 5.91 Å². The van der Waals surface area contributed by atoms with E-state index in [9.17, 15) is 13.6 Å². The fourth-order valence-corrected chi connectivity index (χ4v) is 3.12. The lowest BCUT2D eigenvalue weighted by molar-refractivity contribution is -0.118. The fraction of sp³-hybridized carbons (Fsp3) is 0.208. The van der Waals surface area contributed by atoms with E-state index in [0.717, 1.165) is 35.4 Å². The normalized spacial score (nSPS) is 11.7.